The van der Waals surface area contributed by atoms with Crippen molar-refractivity contribution in [3.05, 3.63) is 39.5 Å². The quantitative estimate of drug-likeness (QED) is 0.222. The van der Waals surface area contributed by atoms with Crippen LogP contribution >= 0.6 is 0 Å². The monoisotopic (exact) mass is 432 g/mol. The predicted molar refractivity (Wildman–Crippen MR) is 99.2 cm³/mol. The molecule has 0 fully saturated rings. The number of rotatable bonds is 11. The molecule has 0 amide bonds. The summed E-state index contributed by atoms with van der Waals surface area (Å²) in [4.78, 5) is 12.5. The second-order valence-corrected chi connectivity index (χ2v) is 8.72. The van der Waals surface area contributed by atoms with Gasteiger partial charge in [-0.25, -0.2) is 0 Å². The molecule has 0 N–H and O–H groups in total. The van der Waals surface area contributed by atoms with Crippen LogP contribution in [0.25, 0.3) is 0 Å². The van der Waals surface area contributed by atoms with E-state index in [1.54, 1.807) is 0 Å². The molecule has 1 aromatic rings. The Labute approximate surface area is 151 Å². The van der Waals surface area contributed by atoms with Gasteiger partial charge in [0.15, 0.2) is 0 Å². The summed E-state index contributed by atoms with van der Waals surface area (Å²) in [5.74, 6) is -0.0682. The number of allylic oxidation sites excluding steroid dienone is 1. The minimum atomic E-state index is -0.677. The molecule has 1 aromatic carbocycles. The van der Waals surface area contributed by atoms with Gasteiger partial charge >= 0.3 is 152 Å². The van der Waals surface area contributed by atoms with Crippen molar-refractivity contribution in [2.45, 2.75) is 65.7 Å². The Kier molecular flexibility index (Phi) is 11.1. The average molecular weight is 430 g/mol. The number of ether oxygens (including phenoxy) is 1. The Morgan fingerprint density at radius 3 is 2.22 bits per heavy atom. The van der Waals surface area contributed by atoms with E-state index in [9.17, 15) is 4.79 Å². The van der Waals surface area contributed by atoms with Gasteiger partial charge in [-0.15, -0.1) is 0 Å². The molecule has 0 atom stereocenters. The zero-order valence-electron chi connectivity index (χ0n) is 14.8. The first-order valence-corrected chi connectivity index (χ1v) is 11.2. The third-order valence-electron chi connectivity index (χ3n) is 3.66. The molecule has 0 aliphatic rings. The van der Waals surface area contributed by atoms with Crippen LogP contribution in [0.5, 0.6) is 0 Å². The van der Waals surface area contributed by atoms with Crippen LogP contribution in [0.15, 0.2) is 39.5 Å². The molecule has 0 unspecified atom stereocenters. The Bertz CT molecular complexity index is 480. The minimum absolute atomic E-state index is 0.0682. The van der Waals surface area contributed by atoms with Crippen molar-refractivity contribution < 1.29 is 9.53 Å². The van der Waals surface area contributed by atoms with E-state index in [0.29, 0.717) is 6.61 Å². The Hall–Kier alpha value is -0.780. The summed E-state index contributed by atoms with van der Waals surface area (Å²) in [6.07, 6.45) is 8.06. The molecule has 128 valence electrons. The summed E-state index contributed by atoms with van der Waals surface area (Å²) in [6.45, 7) is 6.78. The first-order valence-electron chi connectivity index (χ1n) is 8.84. The number of carbonyl (C=O) groups is 1. The molecule has 23 heavy (non-hydrogen) atoms. The molecule has 2 nitrogen and oxygen atoms in total. The normalized spacial score (nSPS) is 12.0. The standard InChI is InChI=1S/C20H30O2Te/c1-4-7-10-14-17(13-8-5-2)19(20(21)22-6-3)23-18-15-11-9-12-16-18/h9,11-12,15-16H,4-8,10,13-14H2,1-3H3/b19-17-. The summed E-state index contributed by atoms with van der Waals surface area (Å²) in [6, 6.07) is 10.4. The van der Waals surface area contributed by atoms with E-state index in [4.69, 9.17) is 4.74 Å². The van der Waals surface area contributed by atoms with Gasteiger partial charge in [-0.1, -0.05) is 0 Å². The number of esters is 1. The maximum absolute atomic E-state index is 12.5. The van der Waals surface area contributed by atoms with Crippen molar-refractivity contribution in [3.63, 3.8) is 0 Å². The molecule has 0 aliphatic heterocycles. The first-order chi connectivity index (χ1) is 11.2. The molecule has 0 radical (unpaired) electrons. The average Bonchev–Trinajstić information content (AvgIpc) is 2.57. The molecule has 0 spiro atoms. The van der Waals surface area contributed by atoms with Crippen LogP contribution < -0.4 is 3.61 Å². The second-order valence-electron chi connectivity index (χ2n) is 5.63. The van der Waals surface area contributed by atoms with Gasteiger partial charge < -0.3 is 0 Å². The van der Waals surface area contributed by atoms with Gasteiger partial charge in [-0.2, -0.15) is 0 Å². The number of benzene rings is 1. The molecule has 0 saturated heterocycles. The van der Waals surface area contributed by atoms with Gasteiger partial charge in [-0.05, 0) is 0 Å². The third kappa shape index (κ3) is 8.04. The van der Waals surface area contributed by atoms with E-state index in [0.717, 1.165) is 22.9 Å². The van der Waals surface area contributed by atoms with Crippen LogP contribution in [-0.4, -0.2) is 33.5 Å². The van der Waals surface area contributed by atoms with Crippen LogP contribution in [-0.2, 0) is 9.53 Å². The predicted octanol–water partition coefficient (Wildman–Crippen LogP) is 4.60. The fraction of sp³-hybridized carbons (Fsp3) is 0.550. The van der Waals surface area contributed by atoms with Crippen LogP contribution in [0.1, 0.15) is 65.7 Å². The van der Waals surface area contributed by atoms with Crippen molar-refractivity contribution in [1.82, 2.24) is 0 Å². The topological polar surface area (TPSA) is 26.3 Å². The van der Waals surface area contributed by atoms with Crippen molar-refractivity contribution in [2.75, 3.05) is 6.61 Å². The van der Waals surface area contributed by atoms with Gasteiger partial charge in [0.05, 0.1) is 0 Å². The summed E-state index contributed by atoms with van der Waals surface area (Å²) in [5, 5.41) is 0. The van der Waals surface area contributed by atoms with Crippen molar-refractivity contribution in [2.24, 2.45) is 0 Å². The second kappa shape index (κ2) is 12.6. The van der Waals surface area contributed by atoms with Crippen molar-refractivity contribution in [1.29, 1.82) is 0 Å². The molecule has 3 heteroatoms. The molecule has 0 saturated carbocycles. The number of hydrogen-bond donors (Lipinski definition) is 0. The third-order valence-corrected chi connectivity index (χ3v) is 6.99. The number of carbonyl (C=O) groups excluding carboxylic acids is 1. The molecular formula is C20H30O2Te. The molecule has 0 heterocycles. The fourth-order valence-electron chi connectivity index (χ4n) is 2.39. The van der Waals surface area contributed by atoms with Crippen LogP contribution in [0.4, 0.5) is 0 Å². The number of unbranched alkanes of at least 4 members (excludes halogenated alkanes) is 3. The van der Waals surface area contributed by atoms with Gasteiger partial charge in [0.1, 0.15) is 0 Å². The van der Waals surface area contributed by atoms with Gasteiger partial charge in [0.2, 0.25) is 0 Å². The maximum atomic E-state index is 12.5. The van der Waals surface area contributed by atoms with Gasteiger partial charge in [0.25, 0.3) is 0 Å². The zero-order valence-corrected chi connectivity index (χ0v) is 17.1. The van der Waals surface area contributed by atoms with E-state index in [1.165, 1.54) is 34.9 Å². The van der Waals surface area contributed by atoms with Crippen molar-refractivity contribution in [3.8, 4) is 0 Å². The first kappa shape index (κ1) is 20.3. The summed E-state index contributed by atoms with van der Waals surface area (Å²) in [5.41, 5.74) is 1.37. The summed E-state index contributed by atoms with van der Waals surface area (Å²) in [7, 11) is 0. The molecule has 0 aliphatic carbocycles. The Balaban J connectivity index is 3.02. The van der Waals surface area contributed by atoms with E-state index in [2.05, 4.69) is 38.1 Å². The Morgan fingerprint density at radius 1 is 0.957 bits per heavy atom. The van der Waals surface area contributed by atoms with Crippen LogP contribution in [0.2, 0.25) is 0 Å². The molecule has 0 bridgehead atoms. The van der Waals surface area contributed by atoms with Crippen molar-refractivity contribution >= 4 is 30.5 Å². The summed E-state index contributed by atoms with van der Waals surface area (Å²) < 4.78 is 7.71. The number of hydrogen-bond acceptors (Lipinski definition) is 2. The van der Waals surface area contributed by atoms with E-state index in [1.807, 2.05) is 13.0 Å². The fourth-order valence-corrected chi connectivity index (χ4v) is 5.30. The van der Waals surface area contributed by atoms with E-state index < -0.39 is 20.9 Å². The SMILES string of the molecule is CCCCC/C(CCCC)=C(\[Te]c1ccccc1)C(=O)OCC. The van der Waals surface area contributed by atoms with Crippen LogP contribution in [0.3, 0.4) is 0 Å². The molecule has 1 rings (SSSR count). The van der Waals surface area contributed by atoms with Gasteiger partial charge in [-0.3, -0.25) is 0 Å². The van der Waals surface area contributed by atoms with E-state index in [-0.39, 0.29) is 5.97 Å². The van der Waals surface area contributed by atoms with Crippen LogP contribution in [0, 0.1) is 0 Å². The zero-order chi connectivity index (χ0) is 16.9. The van der Waals surface area contributed by atoms with Gasteiger partial charge in [0, 0.05) is 0 Å². The summed E-state index contributed by atoms with van der Waals surface area (Å²) >= 11 is -0.677. The Morgan fingerprint density at radius 2 is 1.61 bits per heavy atom. The molecular weight excluding hydrogens is 400 g/mol. The molecule has 0 aromatic heterocycles. The van der Waals surface area contributed by atoms with E-state index >= 15 is 0 Å².